The van der Waals surface area contributed by atoms with Gasteiger partial charge in [0, 0.05) is 109 Å². The maximum Gasteiger partial charge on any atom is 0.182 e. The molecule has 144 heavy (non-hydrogen) atoms. The average molecular weight is 1840 g/mol. The Kier molecular flexibility index (Phi) is 23.8. The molecule has 26 aromatic rings. The number of fused-ring (bicyclic) bond motifs is 9. The molecule has 0 aliphatic rings. The molecule has 0 N–H and O–H groups in total. The topological polar surface area (TPSA) is 206 Å². The molecule has 0 spiro atoms. The summed E-state index contributed by atoms with van der Waals surface area (Å²) >= 11 is 0. The number of benzene rings is 16. The van der Waals surface area contributed by atoms with Crippen LogP contribution in [0.5, 0.6) is 0 Å². The summed E-state index contributed by atoms with van der Waals surface area (Å²) < 4.78 is 0. The first-order valence-electron chi connectivity index (χ1n) is 47.5. The quantitative estimate of drug-likeness (QED) is 0.0777. The second-order valence-corrected chi connectivity index (χ2v) is 34.8. The zero-order valence-corrected chi connectivity index (χ0v) is 77.5. The van der Waals surface area contributed by atoms with Crippen molar-refractivity contribution in [1.29, 1.82) is 0 Å². The third kappa shape index (κ3) is 18.2. The lowest BCUT2D eigenvalue weighted by Crippen LogP contribution is -2.02. The number of pyridine rings is 7. The van der Waals surface area contributed by atoms with Crippen LogP contribution in [0.4, 0.5) is 0 Å². The molecule has 26 rings (SSSR count). The van der Waals surface area contributed by atoms with E-state index in [1.165, 1.54) is 32.3 Å². The van der Waals surface area contributed by atoms with Crippen molar-refractivity contribution < 1.29 is 0 Å². The first-order valence-corrected chi connectivity index (χ1v) is 47.5. The maximum absolute atomic E-state index is 5.27. The van der Waals surface area contributed by atoms with Gasteiger partial charge in [0.05, 0.1) is 33.6 Å². The molecule has 0 radical (unpaired) electrons. The van der Waals surface area contributed by atoms with Crippen molar-refractivity contribution in [2.45, 2.75) is 0 Å². The van der Waals surface area contributed by atoms with Gasteiger partial charge in [-0.05, 0) is 203 Å². The molecular formula is C128H82N16. The van der Waals surface area contributed by atoms with Crippen LogP contribution in [0.2, 0.25) is 0 Å². The van der Waals surface area contributed by atoms with Gasteiger partial charge in [-0.25, -0.2) is 59.8 Å². The van der Waals surface area contributed by atoms with Gasteiger partial charge in [-0.3, -0.25) is 19.9 Å². The van der Waals surface area contributed by atoms with Gasteiger partial charge in [0.2, 0.25) is 0 Å². The molecule has 0 fully saturated rings. The molecule has 0 aliphatic carbocycles. The number of hydrogen-bond donors (Lipinski definition) is 0. The van der Waals surface area contributed by atoms with E-state index in [1.807, 2.05) is 109 Å². The molecule has 0 bridgehead atoms. The van der Waals surface area contributed by atoms with Crippen LogP contribution in [-0.4, -0.2) is 79.7 Å². The summed E-state index contributed by atoms with van der Waals surface area (Å²) in [5, 5.41) is 10.6. The van der Waals surface area contributed by atoms with E-state index in [1.54, 1.807) is 37.2 Å². The third-order valence-corrected chi connectivity index (χ3v) is 25.6. The number of rotatable bonds is 17. The van der Waals surface area contributed by atoms with E-state index >= 15 is 0 Å². The Labute approximate surface area is 829 Å². The van der Waals surface area contributed by atoms with Gasteiger partial charge in [-0.1, -0.05) is 346 Å². The van der Waals surface area contributed by atoms with E-state index in [-0.39, 0.29) is 0 Å². The summed E-state index contributed by atoms with van der Waals surface area (Å²) in [7, 11) is 0. The van der Waals surface area contributed by atoms with Crippen LogP contribution < -0.4 is 0 Å². The monoisotopic (exact) mass is 1840 g/mol. The molecule has 674 valence electrons. The molecule has 0 unspecified atom stereocenters. The van der Waals surface area contributed by atoms with Crippen molar-refractivity contribution in [3.05, 3.63) is 498 Å². The Bertz CT molecular complexity index is 8700. The highest BCUT2D eigenvalue weighted by Crippen LogP contribution is 2.44. The first-order chi connectivity index (χ1) is 71.3. The summed E-state index contributed by atoms with van der Waals surface area (Å²) in [5.41, 5.74) is 27.1. The molecular weight excluding hydrogens is 1760 g/mol. The highest BCUT2D eigenvalue weighted by atomic mass is 15.1. The molecule has 0 aliphatic heterocycles. The highest BCUT2D eigenvalue weighted by molar-refractivity contribution is 6.17. The van der Waals surface area contributed by atoms with Gasteiger partial charge >= 0.3 is 0 Å². The van der Waals surface area contributed by atoms with Crippen molar-refractivity contribution in [3.63, 3.8) is 0 Å². The van der Waals surface area contributed by atoms with Crippen LogP contribution >= 0.6 is 0 Å². The van der Waals surface area contributed by atoms with Crippen LogP contribution in [0.1, 0.15) is 0 Å². The minimum atomic E-state index is 0.490. The summed E-state index contributed by atoms with van der Waals surface area (Å²) in [6.07, 6.45) is 10.5. The Morgan fingerprint density at radius 1 is 0.132 bits per heavy atom. The summed E-state index contributed by atoms with van der Waals surface area (Å²) in [6, 6.07) is 158. The minimum absolute atomic E-state index is 0.490. The van der Waals surface area contributed by atoms with Crippen molar-refractivity contribution in [2.24, 2.45) is 0 Å². The molecule has 0 amide bonds. The van der Waals surface area contributed by atoms with Gasteiger partial charge in [0.25, 0.3) is 0 Å². The van der Waals surface area contributed by atoms with E-state index in [2.05, 4.69) is 372 Å². The smallest absolute Gasteiger partial charge is 0.182 e. The van der Waals surface area contributed by atoms with Crippen LogP contribution in [0.3, 0.4) is 0 Å². The van der Waals surface area contributed by atoms with Crippen LogP contribution in [0.25, 0.3) is 257 Å². The molecule has 10 heterocycles. The van der Waals surface area contributed by atoms with Crippen molar-refractivity contribution in [1.82, 2.24) is 79.7 Å². The molecule has 16 heteroatoms. The Balaban J connectivity index is 0.000000117. The van der Waals surface area contributed by atoms with E-state index in [0.29, 0.717) is 63.8 Å². The molecule has 0 atom stereocenters. The summed E-state index contributed by atoms with van der Waals surface area (Å²) in [4.78, 5) is 77.5. The van der Waals surface area contributed by atoms with E-state index in [9.17, 15) is 0 Å². The molecule has 16 aromatic carbocycles. The third-order valence-electron chi connectivity index (χ3n) is 25.6. The number of aromatic nitrogens is 16. The lowest BCUT2D eigenvalue weighted by molar-refractivity contribution is 1.05. The Morgan fingerprint density at radius 2 is 0.375 bits per heavy atom. The lowest BCUT2D eigenvalue weighted by atomic mass is 9.94. The normalized spacial score (nSPS) is 11.2. The SMILES string of the molecule is c1ccc(-c2cc(-c3cccc(-c4nc(-c5ccccn5)nc(-c5ccccn5)n4)c3)nc3ccc4ccccc4c23)cc1.c1ccc(-c2cc(-c3cccc(-c4nc(-c5cccnc5)nc(-c5cccnc5)n4)c3)nc3ccc4ccccc4c23)cc1.c1ccc(-c2cccc(-c3nc(-c4cccc(-c5ccccc5)c4)nc(-c4cccc(-c5cc(-c6ccccc6)c6c(ccc7ccccc76)n5)c4)n3)c2)cc1. The zero-order chi connectivity index (χ0) is 95.9. The van der Waals surface area contributed by atoms with Gasteiger partial charge in [-0.15, -0.1) is 0 Å². The van der Waals surface area contributed by atoms with Gasteiger partial charge in [0.1, 0.15) is 11.4 Å². The minimum Gasteiger partial charge on any atom is -0.264 e. The summed E-state index contributed by atoms with van der Waals surface area (Å²) in [5.74, 6) is 5.00. The van der Waals surface area contributed by atoms with Gasteiger partial charge in [-0.2, -0.15) is 0 Å². The fourth-order valence-electron chi connectivity index (χ4n) is 18.6. The standard InChI is InChI=1S/C52H34N4.2C38H24N6/c1-4-15-35(16-5-1)39-22-12-25-42(31-39)50-54-51(43-26-13-23-40(32-43)36-17-6-2-7-18-36)56-52(55-50)44-27-14-24-41(33-44)48-34-46(37-19-8-3-9-20-37)49-45-28-11-10-21-38(45)29-30-47(49)53-48;1-2-9-25(10-3-1)32-22-34(41-33-18-17-26-11-4-5-16-31(26)35(32)33)27-12-6-13-28(21-27)36-42-37(29-14-7-19-39-23-29)44-38(43-36)30-15-8-20-40-24-30;1-2-11-25(12-3-1)30-24-34(41-31-20-19-26-13-4-5-16-29(26)35(30)31)27-14-10-15-28(23-27)36-42-37(32-17-6-8-21-39-32)44-38(43-36)33-18-7-9-22-40-33/h1-34H;2*1-24H. The first kappa shape index (κ1) is 87.0. The fraction of sp³-hybridized carbons (Fsp3) is 0. The molecule has 16 nitrogen and oxygen atoms in total. The van der Waals surface area contributed by atoms with E-state index in [0.717, 1.165) is 161 Å². The van der Waals surface area contributed by atoms with Crippen LogP contribution in [0, 0.1) is 0 Å². The lowest BCUT2D eigenvalue weighted by Gasteiger charge is -2.14. The summed E-state index contributed by atoms with van der Waals surface area (Å²) in [6.45, 7) is 0. The highest BCUT2D eigenvalue weighted by Gasteiger charge is 2.24. The Hall–Kier alpha value is -19.8. The van der Waals surface area contributed by atoms with E-state index < -0.39 is 0 Å². The zero-order valence-electron chi connectivity index (χ0n) is 77.5. The van der Waals surface area contributed by atoms with Crippen LogP contribution in [0.15, 0.2) is 498 Å². The van der Waals surface area contributed by atoms with Crippen LogP contribution in [-0.2, 0) is 0 Å². The number of hydrogen-bond acceptors (Lipinski definition) is 16. The maximum atomic E-state index is 5.27. The molecule has 10 aromatic heterocycles. The Morgan fingerprint density at radius 3 is 0.674 bits per heavy atom. The fourth-order valence-corrected chi connectivity index (χ4v) is 18.6. The van der Waals surface area contributed by atoms with Gasteiger partial charge in [0.15, 0.2) is 52.4 Å². The van der Waals surface area contributed by atoms with Crippen molar-refractivity contribution in [2.75, 3.05) is 0 Å². The second-order valence-electron chi connectivity index (χ2n) is 34.8. The average Bonchev–Trinajstić information content (AvgIpc) is 0.757. The molecule has 0 saturated heterocycles. The predicted octanol–water partition coefficient (Wildman–Crippen LogP) is 30.6. The molecule has 0 saturated carbocycles. The van der Waals surface area contributed by atoms with E-state index in [4.69, 9.17) is 59.8 Å². The second kappa shape index (κ2) is 39.3. The number of nitrogens with zero attached hydrogens (tertiary/aromatic N) is 16. The predicted molar refractivity (Wildman–Crippen MR) is 581 cm³/mol. The van der Waals surface area contributed by atoms with Crippen molar-refractivity contribution >= 4 is 65.0 Å². The van der Waals surface area contributed by atoms with Gasteiger partial charge < -0.3 is 0 Å². The van der Waals surface area contributed by atoms with Crippen molar-refractivity contribution in [3.8, 4) is 192 Å². The largest absolute Gasteiger partial charge is 0.264 e.